The molecule has 11 nitrogen and oxygen atoms in total. The summed E-state index contributed by atoms with van der Waals surface area (Å²) in [6.45, 7) is 7.97. The number of nitrogens with two attached hydrogens (primary N) is 1. The van der Waals surface area contributed by atoms with Crippen molar-refractivity contribution in [1.82, 2.24) is 25.5 Å². The van der Waals surface area contributed by atoms with Gasteiger partial charge in [-0.2, -0.15) is 0 Å². The number of carbonyl (C=O) groups is 4. The van der Waals surface area contributed by atoms with Crippen molar-refractivity contribution >= 4 is 23.7 Å². The normalized spacial score (nSPS) is 19.4. The Labute approximate surface area is 200 Å². The Kier molecular flexibility index (Phi) is 10.0. The third kappa shape index (κ3) is 7.28. The number of carbonyl (C=O) groups excluding carboxylic acids is 3. The van der Waals surface area contributed by atoms with Gasteiger partial charge in [-0.05, 0) is 31.1 Å². The first-order chi connectivity index (χ1) is 16.0. The van der Waals surface area contributed by atoms with Crippen molar-refractivity contribution < 1.29 is 24.3 Å². The van der Waals surface area contributed by atoms with Crippen LogP contribution < -0.4 is 16.4 Å². The van der Waals surface area contributed by atoms with Crippen LogP contribution in [0.3, 0.4) is 0 Å². The van der Waals surface area contributed by atoms with Crippen molar-refractivity contribution in [3.8, 4) is 0 Å². The molecule has 1 aromatic rings. The Morgan fingerprint density at radius 3 is 2.44 bits per heavy atom. The fourth-order valence-corrected chi connectivity index (χ4v) is 4.06. The summed E-state index contributed by atoms with van der Waals surface area (Å²) in [6.07, 6.45) is 5.14. The highest BCUT2D eigenvalue weighted by Crippen LogP contribution is 2.20. The number of carboxylic acids is 1. The van der Waals surface area contributed by atoms with Gasteiger partial charge in [0.25, 0.3) is 0 Å². The first-order valence-electron chi connectivity index (χ1n) is 11.9. The summed E-state index contributed by atoms with van der Waals surface area (Å²) in [5.41, 5.74) is 6.66. The van der Waals surface area contributed by atoms with Crippen LogP contribution in [-0.4, -0.2) is 74.4 Å². The molecule has 1 saturated heterocycles. The number of H-pyrrole nitrogens is 1. The fraction of sp³-hybridized carbons (Fsp3) is 0.696. The number of aliphatic carboxylic acids is 1. The molecule has 1 aliphatic rings. The molecule has 2 heterocycles. The van der Waals surface area contributed by atoms with Gasteiger partial charge in [0, 0.05) is 24.9 Å². The zero-order valence-corrected chi connectivity index (χ0v) is 20.4. The van der Waals surface area contributed by atoms with Crippen molar-refractivity contribution in [2.75, 3.05) is 6.54 Å². The van der Waals surface area contributed by atoms with Crippen LogP contribution in [0.25, 0.3) is 0 Å². The number of amides is 3. The summed E-state index contributed by atoms with van der Waals surface area (Å²) < 4.78 is 0. The number of rotatable bonds is 12. The second-order valence-electron chi connectivity index (χ2n) is 9.47. The lowest BCUT2D eigenvalue weighted by Gasteiger charge is -2.29. The summed E-state index contributed by atoms with van der Waals surface area (Å²) >= 11 is 0. The number of hydrogen-bond donors (Lipinski definition) is 5. The Morgan fingerprint density at radius 2 is 1.88 bits per heavy atom. The average Bonchev–Trinajstić information content (AvgIpc) is 3.48. The van der Waals surface area contributed by atoms with Gasteiger partial charge < -0.3 is 31.4 Å². The molecular weight excluding hydrogens is 440 g/mol. The zero-order valence-electron chi connectivity index (χ0n) is 20.4. The predicted molar refractivity (Wildman–Crippen MR) is 125 cm³/mol. The van der Waals surface area contributed by atoms with Gasteiger partial charge in [-0.3, -0.25) is 14.4 Å². The number of nitrogens with zero attached hydrogens (tertiary/aromatic N) is 2. The minimum atomic E-state index is -1.07. The Hall–Kier alpha value is -2.95. The molecule has 6 N–H and O–H groups in total. The third-order valence-corrected chi connectivity index (χ3v) is 6.31. The van der Waals surface area contributed by atoms with Crippen molar-refractivity contribution in [1.29, 1.82) is 0 Å². The molecule has 0 spiro atoms. The Balaban J connectivity index is 2.22. The van der Waals surface area contributed by atoms with Crippen LogP contribution in [0.4, 0.5) is 0 Å². The number of hydrogen-bond acceptors (Lipinski definition) is 6. The lowest BCUT2D eigenvalue weighted by Crippen LogP contribution is -2.58. The minimum Gasteiger partial charge on any atom is -0.480 e. The molecule has 0 aliphatic carbocycles. The maximum Gasteiger partial charge on any atom is 0.326 e. The first kappa shape index (κ1) is 27.3. The van der Waals surface area contributed by atoms with Crippen LogP contribution >= 0.6 is 0 Å². The van der Waals surface area contributed by atoms with Gasteiger partial charge in [-0.1, -0.05) is 34.1 Å². The molecule has 190 valence electrons. The van der Waals surface area contributed by atoms with E-state index in [1.54, 1.807) is 6.20 Å². The van der Waals surface area contributed by atoms with Crippen LogP contribution in [0.1, 0.15) is 59.1 Å². The van der Waals surface area contributed by atoms with Gasteiger partial charge in [-0.15, -0.1) is 0 Å². The molecule has 0 radical (unpaired) electrons. The molecule has 3 amide bonds. The van der Waals surface area contributed by atoms with Crippen LogP contribution in [0.15, 0.2) is 12.5 Å². The molecule has 2 rings (SSSR count). The number of aromatic amines is 1. The van der Waals surface area contributed by atoms with E-state index < -0.39 is 47.9 Å². The van der Waals surface area contributed by atoms with Crippen LogP contribution in [0.2, 0.25) is 0 Å². The second kappa shape index (κ2) is 12.5. The van der Waals surface area contributed by atoms with Crippen LogP contribution in [-0.2, 0) is 25.6 Å². The zero-order chi connectivity index (χ0) is 25.4. The summed E-state index contributed by atoms with van der Waals surface area (Å²) in [6, 6.07) is -3.57. The number of carboxylic acid groups (broad SMARTS) is 1. The monoisotopic (exact) mass is 478 g/mol. The standard InChI is InChI=1S/C23H38N6O5/c1-5-14(4)19(24)21(31)27-16(9-13(2)3)20(30)28-17(10-15-11-25-12-26-15)22(32)29-8-6-7-18(29)23(33)34/h11-14,16-19H,5-10,24H2,1-4H3,(H,25,26)(H,27,31)(H,28,30)(H,33,34). The first-order valence-corrected chi connectivity index (χ1v) is 11.9. The highest BCUT2D eigenvalue weighted by atomic mass is 16.4. The molecule has 1 aromatic heterocycles. The van der Waals surface area contributed by atoms with E-state index >= 15 is 0 Å². The largest absolute Gasteiger partial charge is 0.480 e. The minimum absolute atomic E-state index is 0.0550. The quantitative estimate of drug-likeness (QED) is 0.290. The Morgan fingerprint density at radius 1 is 1.21 bits per heavy atom. The maximum atomic E-state index is 13.3. The van der Waals surface area contributed by atoms with E-state index in [0.29, 0.717) is 31.5 Å². The molecule has 0 saturated carbocycles. The summed E-state index contributed by atoms with van der Waals surface area (Å²) in [5.74, 6) is -2.44. The topological polar surface area (TPSA) is 171 Å². The molecule has 0 aromatic carbocycles. The van der Waals surface area contributed by atoms with Crippen LogP contribution in [0, 0.1) is 11.8 Å². The van der Waals surface area contributed by atoms with E-state index in [1.807, 2.05) is 27.7 Å². The lowest BCUT2D eigenvalue weighted by atomic mass is 9.97. The van der Waals surface area contributed by atoms with Crippen molar-refractivity contribution in [2.45, 2.75) is 84.0 Å². The van der Waals surface area contributed by atoms with Gasteiger partial charge >= 0.3 is 5.97 Å². The van der Waals surface area contributed by atoms with Gasteiger partial charge in [0.15, 0.2) is 0 Å². The summed E-state index contributed by atoms with van der Waals surface area (Å²) in [4.78, 5) is 59.1. The second-order valence-corrected chi connectivity index (χ2v) is 9.47. The summed E-state index contributed by atoms with van der Waals surface area (Å²) in [7, 11) is 0. The molecule has 5 unspecified atom stereocenters. The van der Waals surface area contributed by atoms with E-state index in [2.05, 4.69) is 20.6 Å². The van der Waals surface area contributed by atoms with Crippen LogP contribution in [0.5, 0.6) is 0 Å². The molecule has 34 heavy (non-hydrogen) atoms. The fourth-order valence-electron chi connectivity index (χ4n) is 4.06. The van der Waals surface area contributed by atoms with Crippen molar-refractivity contribution in [2.24, 2.45) is 17.6 Å². The molecule has 5 atom stereocenters. The van der Waals surface area contributed by atoms with Crippen molar-refractivity contribution in [3.63, 3.8) is 0 Å². The van der Waals surface area contributed by atoms with E-state index in [0.717, 1.165) is 6.42 Å². The summed E-state index contributed by atoms with van der Waals surface area (Å²) in [5, 5.41) is 15.0. The molecular formula is C23H38N6O5. The van der Waals surface area contributed by atoms with E-state index in [9.17, 15) is 24.3 Å². The van der Waals surface area contributed by atoms with Gasteiger partial charge in [-0.25, -0.2) is 9.78 Å². The van der Waals surface area contributed by atoms with Gasteiger partial charge in [0.1, 0.15) is 18.1 Å². The Bertz CT molecular complexity index is 843. The van der Waals surface area contributed by atoms with Gasteiger partial charge in [0.05, 0.1) is 12.4 Å². The predicted octanol–water partition coefficient (Wildman–Crippen LogP) is 0.417. The van der Waals surface area contributed by atoms with E-state index in [1.165, 1.54) is 11.2 Å². The number of nitrogens with one attached hydrogen (secondary N) is 3. The number of imidazole rings is 1. The molecule has 11 heteroatoms. The van der Waals surface area contributed by atoms with Gasteiger partial charge in [0.2, 0.25) is 17.7 Å². The molecule has 0 bridgehead atoms. The molecule has 1 fully saturated rings. The third-order valence-electron chi connectivity index (χ3n) is 6.31. The van der Waals surface area contributed by atoms with E-state index in [4.69, 9.17) is 5.73 Å². The highest BCUT2D eigenvalue weighted by Gasteiger charge is 2.38. The van der Waals surface area contributed by atoms with Crippen molar-refractivity contribution in [3.05, 3.63) is 18.2 Å². The number of aromatic nitrogens is 2. The maximum absolute atomic E-state index is 13.3. The lowest BCUT2D eigenvalue weighted by molar-refractivity contribution is -0.149. The SMILES string of the molecule is CCC(C)C(N)C(=O)NC(CC(C)C)C(=O)NC(Cc1cnc[nH]1)C(=O)N1CCCC1C(=O)O. The molecule has 1 aliphatic heterocycles. The smallest absolute Gasteiger partial charge is 0.326 e. The highest BCUT2D eigenvalue weighted by molar-refractivity contribution is 5.94. The number of likely N-dealkylation sites (tertiary alicyclic amines) is 1. The van der Waals surface area contributed by atoms with E-state index in [-0.39, 0.29) is 18.3 Å². The average molecular weight is 479 g/mol.